The summed E-state index contributed by atoms with van der Waals surface area (Å²) >= 11 is 5.28. The van der Waals surface area contributed by atoms with Gasteiger partial charge in [0.1, 0.15) is 0 Å². The Balaban J connectivity index is 2.15. The fourth-order valence-corrected chi connectivity index (χ4v) is 2.19. The summed E-state index contributed by atoms with van der Waals surface area (Å²) < 4.78 is 0. The van der Waals surface area contributed by atoms with E-state index in [-0.39, 0.29) is 5.54 Å². The van der Waals surface area contributed by atoms with E-state index in [0.29, 0.717) is 5.11 Å². The van der Waals surface area contributed by atoms with Gasteiger partial charge in [0.15, 0.2) is 5.11 Å². The van der Waals surface area contributed by atoms with E-state index in [0.717, 1.165) is 5.69 Å². The number of anilines is 1. The maximum absolute atomic E-state index is 5.28. The van der Waals surface area contributed by atoms with Gasteiger partial charge < -0.3 is 10.6 Å². The minimum atomic E-state index is -0.0269. The van der Waals surface area contributed by atoms with E-state index < -0.39 is 0 Å². The third-order valence-corrected chi connectivity index (χ3v) is 2.70. The summed E-state index contributed by atoms with van der Waals surface area (Å²) in [4.78, 5) is 0. The van der Waals surface area contributed by atoms with Crippen molar-refractivity contribution in [2.24, 2.45) is 0 Å². The van der Waals surface area contributed by atoms with Crippen LogP contribution in [-0.4, -0.2) is 10.7 Å². The van der Waals surface area contributed by atoms with Crippen LogP contribution < -0.4 is 10.6 Å². The van der Waals surface area contributed by atoms with Crippen LogP contribution in [0.1, 0.15) is 20.8 Å². The van der Waals surface area contributed by atoms with Crippen LogP contribution in [0.25, 0.3) is 10.8 Å². The topological polar surface area (TPSA) is 24.1 Å². The molecular weight excluding hydrogens is 240 g/mol. The standard InChI is InChI=1S/C15H18N2S/c1-15(2,3)17-14(18)16-13-9-8-11-6-4-5-7-12(11)10-13/h4-10H,1-3H3,(H2,16,17,18). The molecule has 0 aromatic heterocycles. The number of thiocarbonyl (C=S) groups is 1. The Hall–Kier alpha value is -1.61. The lowest BCUT2D eigenvalue weighted by Crippen LogP contribution is -2.42. The van der Waals surface area contributed by atoms with Gasteiger partial charge >= 0.3 is 0 Å². The molecule has 0 aliphatic heterocycles. The van der Waals surface area contributed by atoms with E-state index in [1.54, 1.807) is 0 Å². The van der Waals surface area contributed by atoms with Gasteiger partial charge in [0, 0.05) is 11.2 Å². The molecule has 0 aliphatic carbocycles. The Morgan fingerprint density at radius 2 is 1.67 bits per heavy atom. The molecule has 94 valence electrons. The zero-order valence-corrected chi connectivity index (χ0v) is 11.8. The van der Waals surface area contributed by atoms with Gasteiger partial charge in [-0.05, 0) is 55.9 Å². The molecule has 0 amide bonds. The first-order valence-corrected chi connectivity index (χ1v) is 6.43. The lowest BCUT2D eigenvalue weighted by atomic mass is 10.1. The Labute approximate surface area is 113 Å². The van der Waals surface area contributed by atoms with E-state index in [2.05, 4.69) is 55.7 Å². The van der Waals surface area contributed by atoms with Gasteiger partial charge in [-0.15, -0.1) is 0 Å². The van der Waals surface area contributed by atoms with E-state index in [1.807, 2.05) is 18.2 Å². The number of rotatable bonds is 1. The second-order valence-electron chi connectivity index (χ2n) is 5.39. The molecule has 0 saturated carbocycles. The minimum absolute atomic E-state index is 0.0269. The molecule has 0 saturated heterocycles. The average Bonchev–Trinajstić information content (AvgIpc) is 2.26. The zero-order valence-electron chi connectivity index (χ0n) is 10.9. The molecule has 0 bridgehead atoms. The average molecular weight is 258 g/mol. The number of hydrogen-bond donors (Lipinski definition) is 2. The second kappa shape index (κ2) is 4.94. The molecule has 2 N–H and O–H groups in total. The molecule has 2 rings (SSSR count). The Bertz CT molecular complexity index is 570. The highest BCUT2D eigenvalue weighted by molar-refractivity contribution is 7.80. The normalized spacial score (nSPS) is 11.3. The molecule has 0 fully saturated rings. The lowest BCUT2D eigenvalue weighted by molar-refractivity contribution is 0.515. The van der Waals surface area contributed by atoms with Gasteiger partial charge in [-0.3, -0.25) is 0 Å². The zero-order chi connectivity index (χ0) is 13.2. The maximum Gasteiger partial charge on any atom is 0.171 e. The number of hydrogen-bond acceptors (Lipinski definition) is 1. The lowest BCUT2D eigenvalue weighted by Gasteiger charge is -2.23. The van der Waals surface area contributed by atoms with E-state index in [9.17, 15) is 0 Å². The summed E-state index contributed by atoms with van der Waals surface area (Å²) in [5.74, 6) is 0. The summed E-state index contributed by atoms with van der Waals surface area (Å²) in [6.07, 6.45) is 0. The van der Waals surface area contributed by atoms with Crippen LogP contribution in [0.4, 0.5) is 5.69 Å². The largest absolute Gasteiger partial charge is 0.358 e. The third-order valence-electron chi connectivity index (χ3n) is 2.50. The number of nitrogens with one attached hydrogen (secondary N) is 2. The van der Waals surface area contributed by atoms with Gasteiger partial charge in [0.05, 0.1) is 0 Å². The van der Waals surface area contributed by atoms with Gasteiger partial charge in [-0.2, -0.15) is 0 Å². The maximum atomic E-state index is 5.28. The summed E-state index contributed by atoms with van der Waals surface area (Å²) in [6.45, 7) is 6.25. The van der Waals surface area contributed by atoms with Crippen molar-refractivity contribution in [3.63, 3.8) is 0 Å². The van der Waals surface area contributed by atoms with Gasteiger partial charge in [-0.1, -0.05) is 30.3 Å². The van der Waals surface area contributed by atoms with Crippen LogP contribution in [-0.2, 0) is 0 Å². The predicted molar refractivity (Wildman–Crippen MR) is 83.1 cm³/mol. The molecule has 0 aliphatic rings. The van der Waals surface area contributed by atoms with Crippen molar-refractivity contribution in [3.8, 4) is 0 Å². The van der Waals surface area contributed by atoms with Crippen molar-refractivity contribution in [3.05, 3.63) is 42.5 Å². The number of fused-ring (bicyclic) bond motifs is 1. The van der Waals surface area contributed by atoms with Crippen LogP contribution >= 0.6 is 12.2 Å². The molecular formula is C15H18N2S. The predicted octanol–water partition coefficient (Wildman–Crippen LogP) is 3.92. The molecule has 2 aromatic carbocycles. The summed E-state index contributed by atoms with van der Waals surface area (Å²) in [5, 5.41) is 9.54. The molecule has 2 aromatic rings. The molecule has 0 radical (unpaired) electrons. The molecule has 0 spiro atoms. The summed E-state index contributed by atoms with van der Waals surface area (Å²) in [5.41, 5.74) is 0.983. The minimum Gasteiger partial charge on any atom is -0.358 e. The Kier molecular flexibility index (Phi) is 3.53. The first-order chi connectivity index (χ1) is 8.44. The number of benzene rings is 2. The smallest absolute Gasteiger partial charge is 0.171 e. The van der Waals surface area contributed by atoms with Gasteiger partial charge in [0.2, 0.25) is 0 Å². The van der Waals surface area contributed by atoms with Gasteiger partial charge in [-0.25, -0.2) is 0 Å². The van der Waals surface area contributed by atoms with Crippen molar-refractivity contribution in [1.29, 1.82) is 0 Å². The molecule has 0 unspecified atom stereocenters. The van der Waals surface area contributed by atoms with Crippen LogP contribution in [0.15, 0.2) is 42.5 Å². The summed E-state index contributed by atoms with van der Waals surface area (Å²) in [6, 6.07) is 14.5. The van der Waals surface area contributed by atoms with Crippen LogP contribution in [0.5, 0.6) is 0 Å². The molecule has 0 atom stereocenters. The third kappa shape index (κ3) is 3.44. The van der Waals surface area contributed by atoms with Crippen molar-refractivity contribution >= 4 is 33.8 Å². The van der Waals surface area contributed by atoms with E-state index >= 15 is 0 Å². The fourth-order valence-electron chi connectivity index (χ4n) is 1.77. The molecule has 18 heavy (non-hydrogen) atoms. The van der Waals surface area contributed by atoms with Crippen molar-refractivity contribution in [1.82, 2.24) is 5.32 Å². The Morgan fingerprint density at radius 1 is 1.00 bits per heavy atom. The van der Waals surface area contributed by atoms with E-state index in [4.69, 9.17) is 12.2 Å². The monoisotopic (exact) mass is 258 g/mol. The molecule has 0 heterocycles. The van der Waals surface area contributed by atoms with E-state index in [1.165, 1.54) is 10.8 Å². The fraction of sp³-hybridized carbons (Fsp3) is 0.267. The van der Waals surface area contributed by atoms with Crippen molar-refractivity contribution in [2.45, 2.75) is 26.3 Å². The SMILES string of the molecule is CC(C)(C)NC(=S)Nc1ccc2ccccc2c1. The highest BCUT2D eigenvalue weighted by atomic mass is 32.1. The Morgan fingerprint density at radius 3 is 2.33 bits per heavy atom. The van der Waals surface area contributed by atoms with Gasteiger partial charge in [0.25, 0.3) is 0 Å². The van der Waals surface area contributed by atoms with Crippen LogP contribution in [0, 0.1) is 0 Å². The second-order valence-corrected chi connectivity index (χ2v) is 5.80. The summed E-state index contributed by atoms with van der Waals surface area (Å²) in [7, 11) is 0. The van der Waals surface area contributed by atoms with Crippen molar-refractivity contribution < 1.29 is 0 Å². The van der Waals surface area contributed by atoms with Crippen LogP contribution in [0.2, 0.25) is 0 Å². The highest BCUT2D eigenvalue weighted by Crippen LogP contribution is 2.18. The quantitative estimate of drug-likeness (QED) is 0.758. The highest BCUT2D eigenvalue weighted by Gasteiger charge is 2.10. The van der Waals surface area contributed by atoms with Crippen molar-refractivity contribution in [2.75, 3.05) is 5.32 Å². The molecule has 3 heteroatoms. The molecule has 2 nitrogen and oxygen atoms in total. The first-order valence-electron chi connectivity index (χ1n) is 6.02. The van der Waals surface area contributed by atoms with Crippen LogP contribution in [0.3, 0.4) is 0 Å². The first kappa shape index (κ1) is 12.8.